The zero-order valence-corrected chi connectivity index (χ0v) is 9.99. The van der Waals surface area contributed by atoms with Crippen LogP contribution in [0.2, 0.25) is 0 Å². The minimum absolute atomic E-state index is 0.360. The van der Waals surface area contributed by atoms with Crippen LogP contribution in [0.25, 0.3) is 0 Å². The van der Waals surface area contributed by atoms with Gasteiger partial charge < -0.3 is 15.3 Å². The predicted octanol–water partition coefficient (Wildman–Crippen LogP) is -0.821. The highest BCUT2D eigenvalue weighted by atomic mass is 32.2. The number of hydrogen-bond donors (Lipinski definition) is 5. The van der Waals surface area contributed by atoms with Crippen molar-refractivity contribution in [3.8, 4) is 0 Å². The summed E-state index contributed by atoms with van der Waals surface area (Å²) in [5.41, 5.74) is 0. The molecule has 2 fully saturated rings. The van der Waals surface area contributed by atoms with Crippen LogP contribution in [0.5, 0.6) is 0 Å². The quantitative estimate of drug-likeness (QED) is 0.323. The van der Waals surface area contributed by atoms with Gasteiger partial charge in [0.1, 0.15) is 0 Å². The van der Waals surface area contributed by atoms with Crippen LogP contribution >= 0.6 is 11.8 Å². The molecule has 6 heteroatoms. The second kappa shape index (κ2) is 5.66. The van der Waals surface area contributed by atoms with Crippen LogP contribution in [0.1, 0.15) is 25.7 Å². The summed E-state index contributed by atoms with van der Waals surface area (Å²) in [7, 11) is 0. The van der Waals surface area contributed by atoms with Gasteiger partial charge in [-0.15, -0.1) is 0 Å². The maximum Gasteiger partial charge on any atom is 0.161 e. The molecular weight excluding hydrogens is 228 g/mol. The highest BCUT2D eigenvalue weighted by molar-refractivity contribution is 8.00. The van der Waals surface area contributed by atoms with Crippen LogP contribution in [-0.4, -0.2) is 51.0 Å². The van der Waals surface area contributed by atoms with E-state index in [2.05, 4.69) is 10.6 Å². The Morgan fingerprint density at radius 2 is 2.06 bits per heavy atom. The van der Waals surface area contributed by atoms with Gasteiger partial charge in [-0.1, -0.05) is 6.42 Å². The number of nitrogens with one attached hydrogen (secondary N) is 2. The lowest BCUT2D eigenvalue weighted by molar-refractivity contribution is -0.0465. The Balaban J connectivity index is 1.67. The summed E-state index contributed by atoms with van der Waals surface area (Å²) in [6.45, 7) is 0. The topological polar surface area (TPSA) is 84.8 Å². The Kier molecular flexibility index (Phi) is 4.46. The molecular formula is C10H20N2O3S. The van der Waals surface area contributed by atoms with E-state index in [1.54, 1.807) is 0 Å². The van der Waals surface area contributed by atoms with Crippen molar-refractivity contribution in [1.29, 1.82) is 0 Å². The first-order chi connectivity index (χ1) is 7.66. The van der Waals surface area contributed by atoms with Gasteiger partial charge in [0.15, 0.2) is 12.6 Å². The molecule has 2 aliphatic rings. The zero-order valence-electron chi connectivity index (χ0n) is 9.17. The lowest BCUT2D eigenvalue weighted by Gasteiger charge is -2.17. The monoisotopic (exact) mass is 248 g/mol. The van der Waals surface area contributed by atoms with Gasteiger partial charge in [0.2, 0.25) is 0 Å². The molecule has 4 atom stereocenters. The van der Waals surface area contributed by atoms with Crippen LogP contribution in [0.3, 0.4) is 0 Å². The summed E-state index contributed by atoms with van der Waals surface area (Å²) in [5, 5.41) is 33.6. The van der Waals surface area contributed by atoms with Crippen molar-refractivity contribution in [2.24, 2.45) is 0 Å². The van der Waals surface area contributed by atoms with Crippen molar-refractivity contribution in [2.75, 3.05) is 5.75 Å². The molecule has 0 amide bonds. The van der Waals surface area contributed by atoms with E-state index in [9.17, 15) is 5.11 Å². The lowest BCUT2D eigenvalue weighted by atomic mass is 10.0. The maximum atomic E-state index is 9.40. The Labute approximate surface area is 99.6 Å². The molecule has 0 spiro atoms. The molecule has 5 nitrogen and oxygen atoms in total. The molecule has 0 aromatic rings. The summed E-state index contributed by atoms with van der Waals surface area (Å²) >= 11 is 1.93. The van der Waals surface area contributed by atoms with Crippen molar-refractivity contribution >= 4 is 11.8 Å². The summed E-state index contributed by atoms with van der Waals surface area (Å²) < 4.78 is 0. The average Bonchev–Trinajstić information content (AvgIpc) is 2.72. The van der Waals surface area contributed by atoms with Crippen LogP contribution in [0.15, 0.2) is 0 Å². The number of aliphatic hydroxyl groups excluding tert-OH is 2. The Bertz CT molecular complexity index is 230. The van der Waals surface area contributed by atoms with Crippen LogP contribution in [0, 0.1) is 0 Å². The van der Waals surface area contributed by atoms with Crippen molar-refractivity contribution in [2.45, 2.75) is 55.7 Å². The van der Waals surface area contributed by atoms with E-state index in [0.29, 0.717) is 23.8 Å². The van der Waals surface area contributed by atoms with E-state index in [1.807, 2.05) is 11.8 Å². The fourth-order valence-electron chi connectivity index (χ4n) is 2.44. The molecule has 0 radical (unpaired) electrons. The first-order valence-corrected chi connectivity index (χ1v) is 6.89. The third kappa shape index (κ3) is 3.09. The SMILES string of the molecule is OC(O)CCCC[C@H]1SC[C@H]2NC(O)N[C@H]21. The van der Waals surface area contributed by atoms with Crippen molar-refractivity contribution in [3.05, 3.63) is 0 Å². The van der Waals surface area contributed by atoms with E-state index in [0.717, 1.165) is 25.0 Å². The second-order valence-corrected chi connectivity index (χ2v) is 5.78. The molecule has 1 unspecified atom stereocenters. The molecule has 0 aromatic heterocycles. The van der Waals surface area contributed by atoms with Crippen molar-refractivity contribution in [1.82, 2.24) is 10.6 Å². The number of thioether (sulfide) groups is 1. The average molecular weight is 248 g/mol. The van der Waals surface area contributed by atoms with E-state index in [-0.39, 0.29) is 0 Å². The van der Waals surface area contributed by atoms with Gasteiger partial charge in [-0.25, -0.2) is 0 Å². The molecule has 2 saturated heterocycles. The second-order valence-electron chi connectivity index (χ2n) is 4.51. The number of aliphatic hydroxyl groups is 3. The zero-order chi connectivity index (χ0) is 11.5. The molecule has 2 heterocycles. The molecule has 5 N–H and O–H groups in total. The van der Waals surface area contributed by atoms with E-state index in [1.165, 1.54) is 0 Å². The number of hydrogen-bond acceptors (Lipinski definition) is 6. The Morgan fingerprint density at radius 3 is 2.81 bits per heavy atom. The van der Waals surface area contributed by atoms with Gasteiger partial charge in [0, 0.05) is 23.1 Å². The fraction of sp³-hybridized carbons (Fsp3) is 1.00. The minimum atomic E-state index is -1.17. The lowest BCUT2D eigenvalue weighted by Crippen LogP contribution is -2.37. The van der Waals surface area contributed by atoms with Crippen LogP contribution in [0.4, 0.5) is 0 Å². The third-order valence-corrected chi connectivity index (χ3v) is 4.76. The van der Waals surface area contributed by atoms with Gasteiger partial charge in [-0.3, -0.25) is 10.6 Å². The van der Waals surface area contributed by atoms with Gasteiger partial charge in [-0.2, -0.15) is 11.8 Å². The van der Waals surface area contributed by atoms with Gasteiger partial charge >= 0.3 is 0 Å². The summed E-state index contributed by atoms with van der Waals surface area (Å²) in [6, 6.07) is 0.743. The summed E-state index contributed by atoms with van der Waals surface area (Å²) in [6.07, 6.45) is 1.66. The van der Waals surface area contributed by atoms with Gasteiger partial charge in [0.05, 0.1) is 0 Å². The van der Waals surface area contributed by atoms with Crippen molar-refractivity contribution in [3.63, 3.8) is 0 Å². The molecule has 94 valence electrons. The summed E-state index contributed by atoms with van der Waals surface area (Å²) in [4.78, 5) is 0. The largest absolute Gasteiger partial charge is 0.368 e. The molecule has 0 aromatic carbocycles. The Hall–Kier alpha value is 0.150. The molecule has 16 heavy (non-hydrogen) atoms. The van der Waals surface area contributed by atoms with E-state index in [4.69, 9.17) is 10.2 Å². The first kappa shape index (κ1) is 12.6. The highest BCUT2D eigenvalue weighted by Gasteiger charge is 2.42. The smallest absolute Gasteiger partial charge is 0.161 e. The van der Waals surface area contributed by atoms with Gasteiger partial charge in [-0.05, 0) is 19.3 Å². The molecule has 0 aliphatic carbocycles. The van der Waals surface area contributed by atoms with Crippen molar-refractivity contribution < 1.29 is 15.3 Å². The fourth-order valence-corrected chi connectivity index (χ4v) is 4.00. The number of fused-ring (bicyclic) bond motifs is 1. The highest BCUT2D eigenvalue weighted by Crippen LogP contribution is 2.33. The normalized spacial score (nSPS) is 38.2. The molecule has 2 rings (SSSR count). The molecule has 2 aliphatic heterocycles. The van der Waals surface area contributed by atoms with E-state index >= 15 is 0 Å². The van der Waals surface area contributed by atoms with Crippen LogP contribution < -0.4 is 10.6 Å². The predicted molar refractivity (Wildman–Crippen MR) is 62.8 cm³/mol. The van der Waals surface area contributed by atoms with Gasteiger partial charge in [0.25, 0.3) is 0 Å². The molecule has 0 saturated carbocycles. The summed E-state index contributed by atoms with van der Waals surface area (Å²) in [5.74, 6) is 1.04. The van der Waals surface area contributed by atoms with E-state index < -0.39 is 12.6 Å². The number of rotatable bonds is 5. The standard InChI is InChI=1S/C10H20N2O3S/c13-8(14)4-2-1-3-7-9-6(5-16-7)11-10(15)12-9/h6-15H,1-5H2/t6-,7-,9-,10?/m1/s1. The maximum absolute atomic E-state index is 9.40. The first-order valence-electron chi connectivity index (χ1n) is 5.85. The third-order valence-electron chi connectivity index (χ3n) is 3.25. The van der Waals surface area contributed by atoms with Crippen LogP contribution in [-0.2, 0) is 0 Å². The number of unbranched alkanes of at least 4 members (excludes halogenated alkanes) is 1. The Morgan fingerprint density at radius 1 is 1.25 bits per heavy atom. The molecule has 0 bridgehead atoms. The minimum Gasteiger partial charge on any atom is -0.368 e.